The van der Waals surface area contributed by atoms with Crippen LogP contribution in [0.2, 0.25) is 0 Å². The van der Waals surface area contributed by atoms with Crippen molar-refractivity contribution in [1.82, 2.24) is 4.90 Å². The maximum absolute atomic E-state index is 11.5. The number of sulfone groups is 1. The van der Waals surface area contributed by atoms with E-state index in [-0.39, 0.29) is 22.5 Å². The lowest BCUT2D eigenvalue weighted by atomic mass is 10.2. The van der Waals surface area contributed by atoms with Gasteiger partial charge in [-0.25, -0.2) is 8.42 Å². The van der Waals surface area contributed by atoms with E-state index in [4.69, 9.17) is 0 Å². The van der Waals surface area contributed by atoms with Gasteiger partial charge >= 0.3 is 5.00 Å². The van der Waals surface area contributed by atoms with Crippen molar-refractivity contribution in [2.45, 2.75) is 25.9 Å². The highest BCUT2D eigenvalue weighted by Gasteiger charge is 2.31. The lowest BCUT2D eigenvalue weighted by Gasteiger charge is -2.25. The van der Waals surface area contributed by atoms with E-state index in [1.54, 1.807) is 11.4 Å². The summed E-state index contributed by atoms with van der Waals surface area (Å²) in [5.41, 5.74) is 0.878. The molecule has 1 aromatic heterocycles. The van der Waals surface area contributed by atoms with Crippen LogP contribution in [0.25, 0.3) is 0 Å². The molecule has 0 aromatic carbocycles. The number of hydrogen-bond donors (Lipinski definition) is 0. The van der Waals surface area contributed by atoms with Gasteiger partial charge in [0.15, 0.2) is 9.84 Å². The molecule has 6 nitrogen and oxygen atoms in total. The van der Waals surface area contributed by atoms with Crippen LogP contribution in [-0.2, 0) is 16.4 Å². The van der Waals surface area contributed by atoms with Crippen molar-refractivity contribution in [2.24, 2.45) is 0 Å². The summed E-state index contributed by atoms with van der Waals surface area (Å²) in [6.45, 7) is 3.29. The lowest BCUT2D eigenvalue weighted by molar-refractivity contribution is -0.380. The van der Waals surface area contributed by atoms with Crippen LogP contribution in [0.1, 0.15) is 18.9 Å². The molecule has 19 heavy (non-hydrogen) atoms. The lowest BCUT2D eigenvalue weighted by Crippen LogP contribution is -2.35. The molecule has 1 fully saturated rings. The summed E-state index contributed by atoms with van der Waals surface area (Å²) >= 11 is 1.11. The quantitative estimate of drug-likeness (QED) is 0.610. The largest absolute Gasteiger partial charge is 0.324 e. The van der Waals surface area contributed by atoms with Gasteiger partial charge in [-0.1, -0.05) is 18.3 Å². The van der Waals surface area contributed by atoms with Gasteiger partial charge in [0.25, 0.3) is 0 Å². The molecule has 1 saturated heterocycles. The summed E-state index contributed by atoms with van der Waals surface area (Å²) < 4.78 is 23.0. The fraction of sp³-hybridized carbons (Fsp3) is 0.636. The van der Waals surface area contributed by atoms with Gasteiger partial charge in [-0.2, -0.15) is 0 Å². The number of hydrogen-bond acceptors (Lipinski definition) is 6. The molecule has 0 saturated carbocycles. The Bertz CT molecular complexity index is 567. The van der Waals surface area contributed by atoms with Crippen molar-refractivity contribution in [2.75, 3.05) is 18.1 Å². The summed E-state index contributed by atoms with van der Waals surface area (Å²) in [5, 5.41) is 12.5. The van der Waals surface area contributed by atoms with Crippen LogP contribution in [0.15, 0.2) is 11.4 Å². The zero-order valence-electron chi connectivity index (χ0n) is 10.6. The van der Waals surface area contributed by atoms with E-state index in [0.29, 0.717) is 13.0 Å². The van der Waals surface area contributed by atoms with E-state index in [2.05, 4.69) is 4.90 Å². The van der Waals surface area contributed by atoms with Gasteiger partial charge in [0, 0.05) is 24.0 Å². The Morgan fingerprint density at radius 2 is 2.32 bits per heavy atom. The Morgan fingerprint density at radius 3 is 2.79 bits per heavy atom. The molecule has 2 rings (SSSR count). The number of nitro groups is 1. The zero-order valence-corrected chi connectivity index (χ0v) is 12.2. The maximum atomic E-state index is 11.5. The normalized spacial score (nSPS) is 21.9. The van der Waals surface area contributed by atoms with Gasteiger partial charge in [-0.15, -0.1) is 0 Å². The summed E-state index contributed by atoms with van der Waals surface area (Å²) in [4.78, 5) is 12.3. The van der Waals surface area contributed by atoms with Crippen LogP contribution in [-0.4, -0.2) is 42.3 Å². The molecule has 0 spiro atoms. The highest BCUT2D eigenvalue weighted by molar-refractivity contribution is 7.91. The van der Waals surface area contributed by atoms with E-state index >= 15 is 0 Å². The molecule has 1 atom stereocenters. The summed E-state index contributed by atoms with van der Waals surface area (Å²) in [7, 11) is -2.90. The highest BCUT2D eigenvalue weighted by Crippen LogP contribution is 2.25. The zero-order chi connectivity index (χ0) is 14.0. The Balaban J connectivity index is 2.04. The van der Waals surface area contributed by atoms with Gasteiger partial charge < -0.3 is 0 Å². The second-order valence-electron chi connectivity index (χ2n) is 4.67. The number of rotatable bonds is 5. The van der Waals surface area contributed by atoms with Crippen molar-refractivity contribution in [3.63, 3.8) is 0 Å². The third kappa shape index (κ3) is 3.52. The minimum absolute atomic E-state index is 0.0361. The topological polar surface area (TPSA) is 80.5 Å². The van der Waals surface area contributed by atoms with Crippen molar-refractivity contribution >= 4 is 26.2 Å². The molecule has 0 radical (unpaired) electrons. The predicted molar refractivity (Wildman–Crippen MR) is 74.1 cm³/mol. The SMILES string of the molecule is CCN(Cc1csc([N+](=O)[O-])c1)C1CCS(=O)(=O)C1. The number of nitrogens with zero attached hydrogens (tertiary/aromatic N) is 2. The van der Waals surface area contributed by atoms with E-state index in [1.165, 1.54) is 0 Å². The van der Waals surface area contributed by atoms with Crippen molar-refractivity contribution in [3.8, 4) is 0 Å². The third-order valence-corrected chi connectivity index (χ3v) is 6.02. The minimum Gasteiger partial charge on any atom is -0.295 e. The second-order valence-corrected chi connectivity index (χ2v) is 7.79. The highest BCUT2D eigenvalue weighted by atomic mass is 32.2. The summed E-state index contributed by atoms with van der Waals surface area (Å²) in [6, 6.07) is 1.60. The van der Waals surface area contributed by atoms with Crippen LogP contribution < -0.4 is 0 Å². The van der Waals surface area contributed by atoms with E-state index in [0.717, 1.165) is 23.4 Å². The van der Waals surface area contributed by atoms with E-state index in [9.17, 15) is 18.5 Å². The minimum atomic E-state index is -2.90. The Labute approximate surface area is 116 Å². The van der Waals surface area contributed by atoms with Gasteiger partial charge in [0.1, 0.15) is 0 Å². The van der Waals surface area contributed by atoms with Gasteiger partial charge in [0.2, 0.25) is 0 Å². The molecule has 0 aliphatic carbocycles. The van der Waals surface area contributed by atoms with Crippen LogP contribution in [0.3, 0.4) is 0 Å². The maximum Gasteiger partial charge on any atom is 0.324 e. The molecule has 0 amide bonds. The average Bonchev–Trinajstić information content (AvgIpc) is 2.92. The van der Waals surface area contributed by atoms with Crippen LogP contribution in [0.5, 0.6) is 0 Å². The third-order valence-electron chi connectivity index (χ3n) is 3.34. The first-order valence-corrected chi connectivity index (χ1v) is 8.77. The molecule has 1 unspecified atom stereocenters. The van der Waals surface area contributed by atoms with Gasteiger partial charge in [-0.3, -0.25) is 15.0 Å². The smallest absolute Gasteiger partial charge is 0.295 e. The van der Waals surface area contributed by atoms with Gasteiger partial charge in [-0.05, 0) is 18.5 Å². The van der Waals surface area contributed by atoms with E-state index in [1.807, 2.05) is 6.92 Å². The van der Waals surface area contributed by atoms with Crippen molar-refractivity contribution < 1.29 is 13.3 Å². The first kappa shape index (κ1) is 14.4. The van der Waals surface area contributed by atoms with Crippen molar-refractivity contribution in [3.05, 3.63) is 27.1 Å². The molecule has 106 valence electrons. The standard InChI is InChI=1S/C11H16N2O4S2/c1-2-12(10-3-4-19(16,17)8-10)6-9-5-11(13(14)15)18-7-9/h5,7,10H,2-4,6,8H2,1H3. The molecule has 0 bridgehead atoms. The fourth-order valence-electron chi connectivity index (χ4n) is 2.34. The summed E-state index contributed by atoms with van der Waals surface area (Å²) in [5.74, 6) is 0.449. The van der Waals surface area contributed by atoms with Gasteiger partial charge in [0.05, 0.1) is 16.4 Å². The molecular formula is C11H16N2O4S2. The molecule has 0 N–H and O–H groups in total. The molecular weight excluding hydrogens is 288 g/mol. The second kappa shape index (κ2) is 5.56. The molecule has 1 aromatic rings. The Hall–Kier alpha value is -0.990. The fourth-order valence-corrected chi connectivity index (χ4v) is 4.82. The predicted octanol–water partition coefficient (Wildman–Crippen LogP) is 1.67. The average molecular weight is 304 g/mol. The van der Waals surface area contributed by atoms with Crippen molar-refractivity contribution in [1.29, 1.82) is 0 Å². The van der Waals surface area contributed by atoms with Crippen LogP contribution in [0.4, 0.5) is 5.00 Å². The number of thiophene rings is 1. The van der Waals surface area contributed by atoms with E-state index < -0.39 is 14.8 Å². The van der Waals surface area contributed by atoms with Crippen LogP contribution in [0, 0.1) is 10.1 Å². The molecule has 1 aliphatic heterocycles. The molecule has 2 heterocycles. The first-order chi connectivity index (χ1) is 8.91. The van der Waals surface area contributed by atoms with Crippen LogP contribution >= 0.6 is 11.3 Å². The molecule has 8 heteroatoms. The first-order valence-electron chi connectivity index (χ1n) is 6.07. The Kier molecular flexibility index (Phi) is 4.22. The monoisotopic (exact) mass is 304 g/mol. The Morgan fingerprint density at radius 1 is 1.58 bits per heavy atom. The molecule has 1 aliphatic rings. The summed E-state index contributed by atoms with van der Waals surface area (Å²) in [6.07, 6.45) is 0.655.